The van der Waals surface area contributed by atoms with Crippen molar-refractivity contribution in [2.45, 2.75) is 58.5 Å². The van der Waals surface area contributed by atoms with Crippen molar-refractivity contribution in [2.75, 3.05) is 21.0 Å². The Kier molecular flexibility index (Phi) is 5.16. The van der Waals surface area contributed by atoms with Gasteiger partial charge in [0, 0.05) is 25.0 Å². The van der Waals surface area contributed by atoms with Crippen LogP contribution >= 0.6 is 0 Å². The number of carbonyl (C=O) groups is 1. The standard InChI is InChI=1S/C20H30O4/c1-20(2)14-9-8-13-6-5-7-16(23-4)17(13)18(21)19(24-12-22-3)15(20)11-10-14/h9,13,15,19H,5-8,10-12H2,1-4H3/b14-9+/t13-,15-,19-/m1/s1. The molecule has 0 aromatic heterocycles. The van der Waals surface area contributed by atoms with Crippen LogP contribution in [0.5, 0.6) is 0 Å². The van der Waals surface area contributed by atoms with E-state index in [4.69, 9.17) is 14.2 Å². The fourth-order valence-corrected chi connectivity index (χ4v) is 4.88. The zero-order valence-electron chi connectivity index (χ0n) is 15.4. The second-order valence-electron chi connectivity index (χ2n) is 7.82. The summed E-state index contributed by atoms with van der Waals surface area (Å²) >= 11 is 0. The second-order valence-corrected chi connectivity index (χ2v) is 7.82. The minimum absolute atomic E-state index is 0.00461. The maximum atomic E-state index is 13.5. The highest BCUT2D eigenvalue weighted by atomic mass is 16.7. The molecule has 0 aromatic rings. The predicted molar refractivity (Wildman–Crippen MR) is 92.3 cm³/mol. The molecule has 0 heterocycles. The molecule has 24 heavy (non-hydrogen) atoms. The highest BCUT2D eigenvalue weighted by Crippen LogP contribution is 2.52. The summed E-state index contributed by atoms with van der Waals surface area (Å²) in [5.74, 6) is 1.45. The molecular weight excluding hydrogens is 304 g/mol. The van der Waals surface area contributed by atoms with Crippen LogP contribution in [0.1, 0.15) is 52.4 Å². The Bertz CT molecular complexity index is 558. The van der Waals surface area contributed by atoms with Gasteiger partial charge in [0.25, 0.3) is 0 Å². The molecule has 3 rings (SSSR count). The van der Waals surface area contributed by atoms with E-state index in [0.717, 1.165) is 49.9 Å². The first-order chi connectivity index (χ1) is 11.5. The normalized spacial score (nSPS) is 34.8. The number of ether oxygens (including phenoxy) is 3. The van der Waals surface area contributed by atoms with Gasteiger partial charge in [-0.2, -0.15) is 0 Å². The van der Waals surface area contributed by atoms with E-state index in [0.29, 0.717) is 0 Å². The number of hydrogen-bond donors (Lipinski definition) is 0. The maximum absolute atomic E-state index is 13.5. The summed E-state index contributed by atoms with van der Waals surface area (Å²) in [6, 6.07) is 0. The third-order valence-electron chi connectivity index (χ3n) is 6.29. The second kappa shape index (κ2) is 7.01. The summed E-state index contributed by atoms with van der Waals surface area (Å²) in [5.41, 5.74) is 2.36. The highest BCUT2D eigenvalue weighted by molar-refractivity contribution is 6.00. The van der Waals surface area contributed by atoms with Gasteiger partial charge in [-0.15, -0.1) is 0 Å². The van der Waals surface area contributed by atoms with Crippen molar-refractivity contribution in [1.29, 1.82) is 0 Å². The lowest BCUT2D eigenvalue weighted by Crippen LogP contribution is -2.41. The van der Waals surface area contributed by atoms with Crippen molar-refractivity contribution in [1.82, 2.24) is 0 Å². The predicted octanol–water partition coefficient (Wildman–Crippen LogP) is 4.01. The minimum Gasteiger partial charge on any atom is -0.501 e. The van der Waals surface area contributed by atoms with Crippen LogP contribution in [0.15, 0.2) is 23.0 Å². The molecule has 3 atom stereocenters. The molecule has 0 radical (unpaired) electrons. The molecule has 4 nitrogen and oxygen atoms in total. The smallest absolute Gasteiger partial charge is 0.191 e. The van der Waals surface area contributed by atoms with Crippen LogP contribution in [-0.4, -0.2) is 32.9 Å². The van der Waals surface area contributed by atoms with Crippen LogP contribution in [-0.2, 0) is 19.0 Å². The Morgan fingerprint density at radius 2 is 2.00 bits per heavy atom. The number of ketones is 1. The molecule has 0 saturated heterocycles. The van der Waals surface area contributed by atoms with Gasteiger partial charge in [-0.05, 0) is 43.4 Å². The van der Waals surface area contributed by atoms with E-state index in [1.165, 1.54) is 5.57 Å². The maximum Gasteiger partial charge on any atom is 0.191 e. The summed E-state index contributed by atoms with van der Waals surface area (Å²) in [5, 5.41) is 0. The van der Waals surface area contributed by atoms with Gasteiger partial charge in [0.05, 0.1) is 7.11 Å². The van der Waals surface area contributed by atoms with Crippen LogP contribution in [0, 0.1) is 17.3 Å². The van der Waals surface area contributed by atoms with Gasteiger partial charge in [0.1, 0.15) is 18.7 Å². The van der Waals surface area contributed by atoms with E-state index < -0.39 is 6.10 Å². The third kappa shape index (κ3) is 2.95. The van der Waals surface area contributed by atoms with Gasteiger partial charge < -0.3 is 14.2 Å². The summed E-state index contributed by atoms with van der Waals surface area (Å²) in [6.45, 7) is 4.67. The Balaban J connectivity index is 2.06. The minimum atomic E-state index is -0.440. The lowest BCUT2D eigenvalue weighted by molar-refractivity contribution is -0.146. The van der Waals surface area contributed by atoms with Crippen molar-refractivity contribution in [2.24, 2.45) is 17.3 Å². The van der Waals surface area contributed by atoms with E-state index in [1.807, 2.05) is 0 Å². The first-order valence-corrected chi connectivity index (χ1v) is 9.12. The van der Waals surface area contributed by atoms with Gasteiger partial charge in [0.2, 0.25) is 0 Å². The van der Waals surface area contributed by atoms with Crippen LogP contribution in [0.3, 0.4) is 0 Å². The van der Waals surface area contributed by atoms with Gasteiger partial charge in [-0.1, -0.05) is 25.5 Å². The largest absolute Gasteiger partial charge is 0.501 e. The number of hydrogen-bond acceptors (Lipinski definition) is 4. The first-order valence-electron chi connectivity index (χ1n) is 9.12. The molecule has 0 N–H and O–H groups in total. The quantitative estimate of drug-likeness (QED) is 0.575. The topological polar surface area (TPSA) is 44.8 Å². The molecule has 3 aliphatic rings. The molecule has 0 aliphatic heterocycles. The van der Waals surface area contributed by atoms with Crippen molar-refractivity contribution in [3.8, 4) is 0 Å². The van der Waals surface area contributed by atoms with Crippen LogP contribution in [0.4, 0.5) is 0 Å². The first kappa shape index (κ1) is 17.7. The third-order valence-corrected chi connectivity index (χ3v) is 6.29. The average Bonchev–Trinajstić information content (AvgIpc) is 2.88. The molecule has 1 fully saturated rings. The van der Waals surface area contributed by atoms with E-state index in [2.05, 4.69) is 19.9 Å². The Hall–Kier alpha value is -1.13. The molecular formula is C20H30O4. The van der Waals surface area contributed by atoms with Crippen LogP contribution < -0.4 is 0 Å². The summed E-state index contributed by atoms with van der Waals surface area (Å²) in [6.07, 6.45) is 7.97. The molecule has 0 unspecified atom stereocenters. The number of carbonyl (C=O) groups excluding carboxylic acids is 1. The highest BCUT2D eigenvalue weighted by Gasteiger charge is 2.48. The van der Waals surface area contributed by atoms with E-state index in [9.17, 15) is 4.79 Å². The molecule has 1 saturated carbocycles. The number of methoxy groups -OCH3 is 2. The monoisotopic (exact) mass is 334 g/mol. The fraction of sp³-hybridized carbons (Fsp3) is 0.750. The van der Waals surface area contributed by atoms with E-state index in [-0.39, 0.29) is 29.8 Å². The van der Waals surface area contributed by atoms with Crippen molar-refractivity contribution in [3.05, 3.63) is 23.0 Å². The lowest BCUT2D eigenvalue weighted by atomic mass is 9.74. The molecule has 2 bridgehead atoms. The van der Waals surface area contributed by atoms with E-state index in [1.54, 1.807) is 14.2 Å². The number of rotatable bonds is 4. The Morgan fingerprint density at radius 3 is 2.71 bits per heavy atom. The number of Topliss-reactive ketones (excluding diaryl/α,β-unsaturated/α-hetero) is 1. The SMILES string of the molecule is COCO[C@H]1C(=O)C2=C(OC)CCC[C@@H]2C/C=C2\CC[C@H]1C2(C)C. The van der Waals surface area contributed by atoms with Crippen LogP contribution in [0.2, 0.25) is 0 Å². The molecule has 0 aromatic carbocycles. The van der Waals surface area contributed by atoms with Gasteiger partial charge in [-0.3, -0.25) is 4.79 Å². The van der Waals surface area contributed by atoms with Gasteiger partial charge in [0.15, 0.2) is 5.78 Å². The van der Waals surface area contributed by atoms with Crippen molar-refractivity contribution >= 4 is 5.78 Å². The molecule has 134 valence electrons. The van der Waals surface area contributed by atoms with Gasteiger partial charge >= 0.3 is 0 Å². The van der Waals surface area contributed by atoms with Gasteiger partial charge in [-0.25, -0.2) is 0 Å². The number of fused-ring (bicyclic) bond motifs is 3. The summed E-state index contributed by atoms with van der Waals surface area (Å²) in [4.78, 5) is 13.5. The zero-order chi connectivity index (χ0) is 17.3. The molecule has 3 aliphatic carbocycles. The Labute approximate surface area is 145 Å². The van der Waals surface area contributed by atoms with Crippen molar-refractivity contribution in [3.63, 3.8) is 0 Å². The van der Waals surface area contributed by atoms with Crippen molar-refractivity contribution < 1.29 is 19.0 Å². The summed E-state index contributed by atoms with van der Waals surface area (Å²) in [7, 11) is 3.29. The lowest BCUT2D eigenvalue weighted by Gasteiger charge is -2.35. The molecule has 0 amide bonds. The van der Waals surface area contributed by atoms with E-state index >= 15 is 0 Å². The molecule has 0 spiro atoms. The Morgan fingerprint density at radius 1 is 1.21 bits per heavy atom. The molecule has 4 heteroatoms. The fourth-order valence-electron chi connectivity index (χ4n) is 4.88. The van der Waals surface area contributed by atoms with Crippen LogP contribution in [0.25, 0.3) is 0 Å². The summed E-state index contributed by atoms with van der Waals surface area (Å²) < 4.78 is 16.7. The zero-order valence-corrected chi connectivity index (χ0v) is 15.4. The number of allylic oxidation sites excluding steroid dienone is 3. The average molecular weight is 334 g/mol.